The number of carbonyl (C=O) groups excluding carboxylic acids is 1. The number of amides is 1. The van der Waals surface area contributed by atoms with Gasteiger partial charge in [-0.25, -0.2) is 0 Å². The molecular formula is C15H21NO3. The predicted octanol–water partition coefficient (Wildman–Crippen LogP) is 2.16. The Labute approximate surface area is 113 Å². The van der Waals surface area contributed by atoms with E-state index in [0.29, 0.717) is 12.8 Å². The first kappa shape index (κ1) is 15.2. The second-order valence-electron chi connectivity index (χ2n) is 4.66. The van der Waals surface area contributed by atoms with Gasteiger partial charge in [0.2, 0.25) is 5.91 Å². The lowest BCUT2D eigenvalue weighted by Gasteiger charge is -2.18. The van der Waals surface area contributed by atoms with E-state index in [4.69, 9.17) is 5.11 Å². The SMILES string of the molecule is CCc1ccccc1CC(CCC(=O)O)NC(C)=O. The van der Waals surface area contributed by atoms with E-state index in [2.05, 4.69) is 18.3 Å². The Kier molecular flexibility index (Phi) is 6.06. The maximum absolute atomic E-state index is 11.2. The van der Waals surface area contributed by atoms with Crippen LogP contribution in [0.1, 0.15) is 37.8 Å². The fraction of sp³-hybridized carbons (Fsp3) is 0.467. The molecule has 19 heavy (non-hydrogen) atoms. The maximum Gasteiger partial charge on any atom is 0.303 e. The minimum atomic E-state index is -0.834. The zero-order valence-corrected chi connectivity index (χ0v) is 11.5. The van der Waals surface area contributed by atoms with Crippen molar-refractivity contribution in [3.8, 4) is 0 Å². The van der Waals surface area contributed by atoms with E-state index in [0.717, 1.165) is 6.42 Å². The van der Waals surface area contributed by atoms with Crippen LogP contribution in [0.5, 0.6) is 0 Å². The number of hydrogen-bond donors (Lipinski definition) is 2. The molecular weight excluding hydrogens is 242 g/mol. The van der Waals surface area contributed by atoms with Gasteiger partial charge in [-0.2, -0.15) is 0 Å². The molecule has 0 saturated carbocycles. The molecule has 1 unspecified atom stereocenters. The lowest BCUT2D eigenvalue weighted by molar-refractivity contribution is -0.137. The summed E-state index contributed by atoms with van der Waals surface area (Å²) < 4.78 is 0. The van der Waals surface area contributed by atoms with Crippen molar-refractivity contribution in [2.45, 2.75) is 45.6 Å². The Bertz CT molecular complexity index is 443. The van der Waals surface area contributed by atoms with E-state index in [1.165, 1.54) is 18.1 Å². The third-order valence-corrected chi connectivity index (χ3v) is 3.08. The zero-order valence-electron chi connectivity index (χ0n) is 11.5. The standard InChI is InChI=1S/C15H21NO3/c1-3-12-6-4-5-7-13(12)10-14(16-11(2)17)8-9-15(18)19/h4-7,14H,3,8-10H2,1-2H3,(H,16,17)(H,18,19). The van der Waals surface area contributed by atoms with Gasteiger partial charge in [-0.3, -0.25) is 9.59 Å². The van der Waals surface area contributed by atoms with Gasteiger partial charge in [-0.1, -0.05) is 31.2 Å². The number of carboxylic acid groups (broad SMARTS) is 1. The molecule has 1 amide bonds. The number of nitrogens with one attached hydrogen (secondary N) is 1. The molecule has 0 spiro atoms. The number of benzene rings is 1. The van der Waals surface area contributed by atoms with E-state index in [9.17, 15) is 9.59 Å². The second-order valence-corrected chi connectivity index (χ2v) is 4.66. The van der Waals surface area contributed by atoms with Crippen molar-refractivity contribution in [1.29, 1.82) is 0 Å². The summed E-state index contributed by atoms with van der Waals surface area (Å²) >= 11 is 0. The molecule has 0 bridgehead atoms. The average Bonchev–Trinajstić information content (AvgIpc) is 2.36. The van der Waals surface area contributed by atoms with Crippen LogP contribution in [0.3, 0.4) is 0 Å². The largest absolute Gasteiger partial charge is 0.481 e. The van der Waals surface area contributed by atoms with Gasteiger partial charge in [-0.15, -0.1) is 0 Å². The van der Waals surface area contributed by atoms with Crippen molar-refractivity contribution < 1.29 is 14.7 Å². The molecule has 0 aliphatic rings. The smallest absolute Gasteiger partial charge is 0.303 e. The van der Waals surface area contributed by atoms with Crippen LogP contribution >= 0.6 is 0 Å². The summed E-state index contributed by atoms with van der Waals surface area (Å²) in [4.78, 5) is 21.8. The third kappa shape index (κ3) is 5.55. The molecule has 1 rings (SSSR count). The maximum atomic E-state index is 11.2. The first-order valence-corrected chi connectivity index (χ1v) is 6.58. The Balaban J connectivity index is 2.74. The molecule has 0 saturated heterocycles. The van der Waals surface area contributed by atoms with Gasteiger partial charge in [0.05, 0.1) is 0 Å². The van der Waals surface area contributed by atoms with Crippen molar-refractivity contribution in [3.05, 3.63) is 35.4 Å². The number of rotatable bonds is 7. The molecule has 0 heterocycles. The highest BCUT2D eigenvalue weighted by Crippen LogP contribution is 2.14. The zero-order chi connectivity index (χ0) is 14.3. The van der Waals surface area contributed by atoms with Crippen LogP contribution in [0.4, 0.5) is 0 Å². The number of hydrogen-bond acceptors (Lipinski definition) is 2. The molecule has 0 fully saturated rings. The van der Waals surface area contributed by atoms with Gasteiger partial charge in [0, 0.05) is 19.4 Å². The minimum Gasteiger partial charge on any atom is -0.481 e. The van der Waals surface area contributed by atoms with Crippen LogP contribution in [0.25, 0.3) is 0 Å². The third-order valence-electron chi connectivity index (χ3n) is 3.08. The van der Waals surface area contributed by atoms with Crippen LogP contribution < -0.4 is 5.32 Å². The van der Waals surface area contributed by atoms with E-state index in [1.54, 1.807) is 0 Å². The molecule has 4 nitrogen and oxygen atoms in total. The average molecular weight is 263 g/mol. The summed E-state index contributed by atoms with van der Waals surface area (Å²) in [6.45, 7) is 3.54. The normalized spacial score (nSPS) is 11.9. The summed E-state index contributed by atoms with van der Waals surface area (Å²) in [7, 11) is 0. The Hall–Kier alpha value is -1.84. The van der Waals surface area contributed by atoms with E-state index >= 15 is 0 Å². The summed E-state index contributed by atoms with van der Waals surface area (Å²) in [6.07, 6.45) is 2.13. The molecule has 1 aromatic carbocycles. The molecule has 0 aliphatic heterocycles. The quantitative estimate of drug-likeness (QED) is 0.792. The predicted molar refractivity (Wildman–Crippen MR) is 74.0 cm³/mol. The van der Waals surface area contributed by atoms with Crippen LogP contribution in [-0.4, -0.2) is 23.0 Å². The van der Waals surface area contributed by atoms with E-state index in [1.807, 2.05) is 18.2 Å². The number of carboxylic acids is 1. The van der Waals surface area contributed by atoms with Gasteiger partial charge in [0.25, 0.3) is 0 Å². The van der Waals surface area contributed by atoms with Crippen LogP contribution in [0.15, 0.2) is 24.3 Å². The summed E-state index contributed by atoms with van der Waals surface area (Å²) in [5, 5.41) is 11.6. The van der Waals surface area contributed by atoms with Crippen molar-refractivity contribution in [2.75, 3.05) is 0 Å². The van der Waals surface area contributed by atoms with E-state index < -0.39 is 5.97 Å². The molecule has 0 aliphatic carbocycles. The molecule has 4 heteroatoms. The fourth-order valence-electron chi connectivity index (χ4n) is 2.18. The van der Waals surface area contributed by atoms with E-state index in [-0.39, 0.29) is 18.4 Å². The second kappa shape index (κ2) is 7.56. The highest BCUT2D eigenvalue weighted by atomic mass is 16.4. The van der Waals surface area contributed by atoms with Gasteiger partial charge in [0.1, 0.15) is 0 Å². The van der Waals surface area contributed by atoms with Gasteiger partial charge < -0.3 is 10.4 Å². The highest BCUT2D eigenvalue weighted by Gasteiger charge is 2.14. The van der Waals surface area contributed by atoms with Crippen LogP contribution in [0.2, 0.25) is 0 Å². The lowest BCUT2D eigenvalue weighted by atomic mass is 9.96. The van der Waals surface area contributed by atoms with Crippen molar-refractivity contribution >= 4 is 11.9 Å². The van der Waals surface area contributed by atoms with Gasteiger partial charge in [-0.05, 0) is 30.4 Å². The Morgan fingerprint density at radius 3 is 2.42 bits per heavy atom. The Morgan fingerprint density at radius 1 is 1.26 bits per heavy atom. The minimum absolute atomic E-state index is 0.0687. The summed E-state index contributed by atoms with van der Waals surface area (Å²) in [5.74, 6) is -0.955. The van der Waals surface area contributed by atoms with Crippen molar-refractivity contribution in [2.24, 2.45) is 0 Å². The first-order valence-electron chi connectivity index (χ1n) is 6.58. The van der Waals surface area contributed by atoms with Crippen LogP contribution in [0, 0.1) is 0 Å². The molecule has 1 atom stereocenters. The summed E-state index contributed by atoms with van der Waals surface area (Å²) in [5.41, 5.74) is 2.42. The topological polar surface area (TPSA) is 66.4 Å². The number of carbonyl (C=O) groups is 2. The fourth-order valence-corrected chi connectivity index (χ4v) is 2.18. The van der Waals surface area contributed by atoms with Gasteiger partial charge in [0.15, 0.2) is 0 Å². The van der Waals surface area contributed by atoms with Crippen LogP contribution in [-0.2, 0) is 22.4 Å². The number of aryl methyl sites for hydroxylation is 1. The first-order chi connectivity index (χ1) is 9.02. The van der Waals surface area contributed by atoms with Gasteiger partial charge >= 0.3 is 5.97 Å². The summed E-state index contributed by atoms with van der Waals surface area (Å²) in [6, 6.07) is 7.94. The number of aliphatic carboxylic acids is 1. The molecule has 2 N–H and O–H groups in total. The van der Waals surface area contributed by atoms with Crippen molar-refractivity contribution in [1.82, 2.24) is 5.32 Å². The Morgan fingerprint density at radius 2 is 1.89 bits per heavy atom. The molecule has 104 valence electrons. The molecule has 0 radical (unpaired) electrons. The van der Waals surface area contributed by atoms with Crippen molar-refractivity contribution in [3.63, 3.8) is 0 Å². The molecule has 0 aromatic heterocycles. The lowest BCUT2D eigenvalue weighted by Crippen LogP contribution is -2.35. The monoisotopic (exact) mass is 263 g/mol. The molecule has 1 aromatic rings. The highest BCUT2D eigenvalue weighted by molar-refractivity contribution is 5.73.